The Hall–Kier alpha value is -12.4. The van der Waals surface area contributed by atoms with E-state index in [1.807, 2.05) is 78.9 Å². The summed E-state index contributed by atoms with van der Waals surface area (Å²) in [6, 6.07) is 128. The molecule has 4 nitrogen and oxygen atoms in total. The molecule has 0 spiro atoms. The van der Waals surface area contributed by atoms with Gasteiger partial charge in [-0.1, -0.05) is 330 Å². The molecule has 6 heteroatoms. The zero-order valence-corrected chi connectivity index (χ0v) is 56.9. The summed E-state index contributed by atoms with van der Waals surface area (Å²) < 4.78 is 13.7. The molecule has 0 radical (unpaired) electrons. The van der Waals surface area contributed by atoms with Gasteiger partial charge in [0.25, 0.3) is 0 Å². The van der Waals surface area contributed by atoms with Crippen LogP contribution in [0, 0.1) is 0 Å². The summed E-state index contributed by atoms with van der Waals surface area (Å²) in [5.74, 6) is 0. The van der Waals surface area contributed by atoms with Gasteiger partial charge in [0, 0.05) is 26.0 Å². The third-order valence-electron chi connectivity index (χ3n) is 20.1. The molecular formula is C98H70BBrO4. The van der Waals surface area contributed by atoms with E-state index >= 15 is 0 Å². The summed E-state index contributed by atoms with van der Waals surface area (Å²) in [5, 5.41) is 38.3. The first kappa shape index (κ1) is 66.2. The van der Waals surface area contributed by atoms with Crippen LogP contribution in [0.15, 0.2) is 377 Å². The van der Waals surface area contributed by atoms with E-state index in [-0.39, 0.29) is 14.9 Å². The minimum atomic E-state index is -1.49. The molecule has 0 atom stereocenters. The number of rotatable bonds is 8. The van der Waals surface area contributed by atoms with Gasteiger partial charge in [0.2, 0.25) is 0 Å². The predicted molar refractivity (Wildman–Crippen MR) is 448 cm³/mol. The third kappa shape index (κ3) is 11.8. The van der Waals surface area contributed by atoms with E-state index in [4.69, 9.17) is 8.83 Å². The van der Waals surface area contributed by atoms with Crippen LogP contribution in [-0.4, -0.2) is 17.2 Å². The second-order valence-corrected chi connectivity index (χ2v) is 26.8. The van der Waals surface area contributed by atoms with Crippen LogP contribution in [0.5, 0.6) is 0 Å². The van der Waals surface area contributed by atoms with Crippen LogP contribution in [0.2, 0.25) is 0 Å². The summed E-state index contributed by atoms with van der Waals surface area (Å²) >= 11 is 3.83. The number of fused-ring (bicyclic) bond motifs is 12. The molecule has 0 unspecified atom stereocenters. The predicted octanol–water partition coefficient (Wildman–Crippen LogP) is 27.2. The topological polar surface area (TPSA) is 66.7 Å². The Morgan fingerprint density at radius 1 is 0.202 bits per heavy atom. The van der Waals surface area contributed by atoms with Crippen molar-refractivity contribution >= 4 is 137 Å². The minimum absolute atomic E-state index is 0. The van der Waals surface area contributed by atoms with Crippen LogP contribution in [0.3, 0.4) is 0 Å². The normalized spacial score (nSPS) is 11.3. The van der Waals surface area contributed by atoms with Gasteiger partial charge in [-0.05, 0) is 212 Å². The van der Waals surface area contributed by atoms with Gasteiger partial charge in [0.05, 0.1) is 0 Å². The zero-order chi connectivity index (χ0) is 68.2. The maximum Gasteiger partial charge on any atom is 0.489 e. The number of hydrogen-bond donors (Lipinski definition) is 2. The minimum Gasteiger partial charge on any atom is -0.456 e. The molecular weight excluding hydrogens is 1330 g/mol. The third-order valence-corrected chi connectivity index (χ3v) is 21.0. The highest BCUT2D eigenvalue weighted by Crippen LogP contribution is 2.49. The van der Waals surface area contributed by atoms with E-state index < -0.39 is 7.12 Å². The lowest BCUT2D eigenvalue weighted by Gasteiger charge is -2.20. The van der Waals surface area contributed by atoms with Gasteiger partial charge in [-0.3, -0.25) is 0 Å². The lowest BCUT2D eigenvalue weighted by molar-refractivity contribution is 0.426. The summed E-state index contributed by atoms with van der Waals surface area (Å²) in [7, 11) is -1.49. The molecule has 20 aromatic rings. The number of para-hydroxylation sites is 2. The molecule has 0 amide bonds. The largest absolute Gasteiger partial charge is 0.489 e. The Bertz CT molecular complexity index is 6490. The molecule has 0 fully saturated rings. The van der Waals surface area contributed by atoms with Crippen LogP contribution in [0.4, 0.5) is 0 Å². The number of hydrogen-bond acceptors (Lipinski definition) is 4. The van der Waals surface area contributed by atoms with Gasteiger partial charge in [-0.25, -0.2) is 0 Å². The van der Waals surface area contributed by atoms with Gasteiger partial charge in [-0.15, -0.1) is 0 Å². The monoisotopic (exact) mass is 1400 g/mol. The molecule has 18 aromatic carbocycles. The fourth-order valence-electron chi connectivity index (χ4n) is 15.4. The van der Waals surface area contributed by atoms with E-state index in [1.165, 1.54) is 104 Å². The molecule has 0 bridgehead atoms. The first-order valence-corrected chi connectivity index (χ1v) is 35.2. The van der Waals surface area contributed by atoms with E-state index in [0.717, 1.165) is 86.9 Å². The van der Waals surface area contributed by atoms with Crippen molar-refractivity contribution in [2.45, 2.75) is 14.9 Å². The van der Waals surface area contributed by atoms with Crippen molar-refractivity contribution in [1.82, 2.24) is 0 Å². The fourth-order valence-corrected chi connectivity index (χ4v) is 16.1. The van der Waals surface area contributed by atoms with Crippen LogP contribution in [0.25, 0.3) is 186 Å². The molecule has 20 rings (SSSR count). The average Bonchev–Trinajstić information content (AvgIpc) is 0.850. The maximum atomic E-state index is 9.73. The van der Waals surface area contributed by atoms with Gasteiger partial charge in [0.15, 0.2) is 0 Å². The van der Waals surface area contributed by atoms with Gasteiger partial charge in [-0.2, -0.15) is 0 Å². The Morgan fingerprint density at radius 3 is 0.923 bits per heavy atom. The molecule has 0 aliphatic heterocycles. The molecule has 0 saturated carbocycles. The van der Waals surface area contributed by atoms with Gasteiger partial charge in [0.1, 0.15) is 22.3 Å². The molecule has 496 valence electrons. The Balaban J connectivity index is 0.000000129. The summed E-state index contributed by atoms with van der Waals surface area (Å²) in [5.41, 5.74) is 20.8. The first-order valence-electron chi connectivity index (χ1n) is 34.4. The summed E-state index contributed by atoms with van der Waals surface area (Å²) in [6.07, 6.45) is 0. The van der Waals surface area contributed by atoms with Crippen molar-refractivity contribution in [2.24, 2.45) is 0 Å². The van der Waals surface area contributed by atoms with E-state index in [2.05, 4.69) is 295 Å². The second kappa shape index (κ2) is 28.2. The number of benzene rings is 18. The maximum absolute atomic E-state index is 9.73. The van der Waals surface area contributed by atoms with E-state index in [0.29, 0.717) is 5.46 Å². The van der Waals surface area contributed by atoms with Crippen molar-refractivity contribution in [3.63, 3.8) is 0 Å². The molecule has 2 N–H and O–H groups in total. The van der Waals surface area contributed by atoms with Crippen LogP contribution < -0.4 is 5.46 Å². The highest BCUT2D eigenvalue weighted by atomic mass is 79.9. The van der Waals surface area contributed by atoms with E-state index in [9.17, 15) is 10.0 Å². The molecule has 104 heavy (non-hydrogen) atoms. The standard InChI is InChI=1S/C48H30O.C26H15BrO.C22H17BO2.2CH4/c1-3-13-31(14-4-1)33-23-25-36-43(28-27-35(44(36)29-33)32-15-5-2-6-16-32)48-41-20-9-7-18-39(41)47(40-19-8-10-21-42(40)48)34-24-26-38-37-17-11-12-22-45(37)49-46(38)30-34;27-26-21-10-3-1-8-19(21)25(20-9-2-4-11-22(20)26)16-13-14-18-17-7-5-6-12-23(17)28-24(18)15-16;24-23(25)22-14-13-19(17-9-5-2-6-10-17)21-15-18(11-12-20(21)22)16-7-3-1-4-8-16;;/h1-30H;1-15H;1-15,24-25H;2*1H4. The van der Waals surface area contributed by atoms with Crippen molar-refractivity contribution in [1.29, 1.82) is 0 Å². The van der Waals surface area contributed by atoms with E-state index in [1.54, 1.807) is 6.07 Å². The van der Waals surface area contributed by atoms with Gasteiger partial charge < -0.3 is 18.9 Å². The Morgan fingerprint density at radius 2 is 0.500 bits per heavy atom. The molecule has 0 aliphatic rings. The Labute approximate surface area is 612 Å². The molecule has 0 aliphatic carbocycles. The van der Waals surface area contributed by atoms with Crippen molar-refractivity contribution < 1.29 is 18.9 Å². The average molecular weight is 1400 g/mol. The molecule has 2 heterocycles. The number of furan rings is 2. The smallest absolute Gasteiger partial charge is 0.456 e. The Kier molecular flexibility index (Phi) is 17.9. The van der Waals surface area contributed by atoms with Gasteiger partial charge >= 0.3 is 7.12 Å². The highest BCUT2D eigenvalue weighted by Gasteiger charge is 2.23. The summed E-state index contributed by atoms with van der Waals surface area (Å²) in [6.45, 7) is 0. The SMILES string of the molecule is Brc1c2ccccc2c(-c2ccc3c(c2)oc2ccccc23)c2ccccc12.C.C.OB(O)c1ccc(-c2ccccc2)c2cc(-c3ccccc3)ccc12.c1ccc(-c2ccc3c(-c4c5ccccc5c(-c5ccc6c(c5)oc5ccccc56)c5ccccc45)ccc(-c4ccccc4)c3c2)cc1. The summed E-state index contributed by atoms with van der Waals surface area (Å²) in [4.78, 5) is 0. The lowest BCUT2D eigenvalue weighted by atomic mass is 9.75. The van der Waals surface area contributed by atoms with Crippen LogP contribution in [0.1, 0.15) is 14.9 Å². The lowest BCUT2D eigenvalue weighted by Crippen LogP contribution is -2.30. The second-order valence-electron chi connectivity index (χ2n) is 26.0. The van der Waals surface area contributed by atoms with Crippen LogP contribution in [-0.2, 0) is 0 Å². The molecule has 0 saturated heterocycles. The fraction of sp³-hybridized carbons (Fsp3) is 0.0204. The quantitative estimate of drug-likeness (QED) is 0.118. The first-order chi connectivity index (χ1) is 50.4. The zero-order valence-electron chi connectivity index (χ0n) is 55.3. The highest BCUT2D eigenvalue weighted by molar-refractivity contribution is 9.10. The van der Waals surface area contributed by atoms with Crippen molar-refractivity contribution in [2.75, 3.05) is 0 Å². The van der Waals surface area contributed by atoms with Crippen LogP contribution >= 0.6 is 15.9 Å². The molecule has 2 aromatic heterocycles. The number of halogens is 1. The van der Waals surface area contributed by atoms with Crippen molar-refractivity contribution in [3.8, 4) is 77.9 Å². The van der Waals surface area contributed by atoms with Crippen molar-refractivity contribution in [3.05, 3.63) is 368 Å².